The largest absolute Gasteiger partial charge is 0.207 e. The molecule has 1 aliphatic carbocycles. The van der Waals surface area contributed by atoms with E-state index in [0.29, 0.717) is 11.5 Å². The van der Waals surface area contributed by atoms with Crippen LogP contribution in [0.25, 0.3) is 10.8 Å². The molecule has 0 unspecified atom stereocenters. The molecule has 0 heterocycles. The summed E-state index contributed by atoms with van der Waals surface area (Å²) in [5, 5.41) is 1.92. The molecule has 0 spiro atoms. The summed E-state index contributed by atoms with van der Waals surface area (Å²) in [7, 11) is 0. The molecule has 3 aromatic rings. The molecule has 0 saturated carbocycles. The Labute approximate surface area is 151 Å². The van der Waals surface area contributed by atoms with Gasteiger partial charge in [0.1, 0.15) is 17.5 Å². The van der Waals surface area contributed by atoms with Crippen molar-refractivity contribution < 1.29 is 13.2 Å². The molecule has 2 atom stereocenters. The van der Waals surface area contributed by atoms with Crippen molar-refractivity contribution in [3.05, 3.63) is 82.7 Å². The molecule has 0 aromatic heterocycles. The monoisotopic (exact) mass is 354 g/mol. The summed E-state index contributed by atoms with van der Waals surface area (Å²) in [6.45, 7) is 2.13. The van der Waals surface area contributed by atoms with Gasteiger partial charge in [0.2, 0.25) is 0 Å². The maximum Gasteiger partial charge on any atom is 0.126 e. The minimum absolute atomic E-state index is 0.0587. The second kappa shape index (κ2) is 6.79. The predicted octanol–water partition coefficient (Wildman–Crippen LogP) is 6.75. The molecular weight excluding hydrogens is 333 g/mol. The summed E-state index contributed by atoms with van der Waals surface area (Å²) in [6.07, 6.45) is 3.84. The summed E-state index contributed by atoms with van der Waals surface area (Å²) < 4.78 is 41.6. The van der Waals surface area contributed by atoms with Crippen molar-refractivity contribution in [2.45, 2.75) is 38.5 Å². The molecule has 0 fully saturated rings. The number of benzene rings is 3. The highest BCUT2D eigenvalue weighted by molar-refractivity contribution is 5.87. The van der Waals surface area contributed by atoms with Crippen molar-refractivity contribution >= 4 is 10.8 Å². The van der Waals surface area contributed by atoms with Crippen LogP contribution in [-0.4, -0.2) is 0 Å². The second-order valence-electron chi connectivity index (χ2n) is 7.27. The first kappa shape index (κ1) is 17.1. The van der Waals surface area contributed by atoms with Crippen molar-refractivity contribution in [2.24, 2.45) is 5.92 Å². The van der Waals surface area contributed by atoms with Gasteiger partial charge in [-0.05, 0) is 76.9 Å². The lowest BCUT2D eigenvalue weighted by molar-refractivity contribution is 0.378. The van der Waals surface area contributed by atoms with Gasteiger partial charge in [0.25, 0.3) is 0 Å². The van der Waals surface area contributed by atoms with E-state index in [1.807, 2.05) is 6.07 Å². The van der Waals surface area contributed by atoms with Crippen LogP contribution in [0.2, 0.25) is 0 Å². The molecule has 3 heteroatoms. The van der Waals surface area contributed by atoms with Gasteiger partial charge in [-0.25, -0.2) is 13.2 Å². The van der Waals surface area contributed by atoms with E-state index in [2.05, 4.69) is 13.0 Å². The first-order valence-electron chi connectivity index (χ1n) is 9.24. The maximum atomic E-state index is 13.9. The van der Waals surface area contributed by atoms with Gasteiger partial charge in [0.05, 0.1) is 0 Å². The summed E-state index contributed by atoms with van der Waals surface area (Å²) in [5.74, 6) is -1.07. The molecule has 0 nitrogen and oxygen atoms in total. The lowest BCUT2D eigenvalue weighted by atomic mass is 9.69. The molecule has 26 heavy (non-hydrogen) atoms. The van der Waals surface area contributed by atoms with Gasteiger partial charge in [-0.2, -0.15) is 0 Å². The summed E-state index contributed by atoms with van der Waals surface area (Å²) in [5.41, 5.74) is 2.87. The van der Waals surface area contributed by atoms with Crippen molar-refractivity contribution in [3.63, 3.8) is 0 Å². The van der Waals surface area contributed by atoms with Crippen molar-refractivity contribution in [1.82, 2.24) is 0 Å². The van der Waals surface area contributed by atoms with Crippen molar-refractivity contribution in [3.8, 4) is 0 Å². The molecule has 134 valence electrons. The summed E-state index contributed by atoms with van der Waals surface area (Å²) in [6, 6.07) is 12.7. The standard InChI is InChI=1S/C23H21F3/c1-2-3-15-6-8-20-21(9-5-14-4-7-17(24)13-22(14)20)23(15)16-10-18(25)12-19(26)11-16/h4-5,7,9-13,15,23H,2-3,6,8H2,1H3/t15-,23-/m1/s1. The highest BCUT2D eigenvalue weighted by Crippen LogP contribution is 2.45. The van der Waals surface area contributed by atoms with E-state index in [1.165, 1.54) is 18.2 Å². The number of hydrogen-bond acceptors (Lipinski definition) is 0. The van der Waals surface area contributed by atoms with E-state index >= 15 is 0 Å². The van der Waals surface area contributed by atoms with Gasteiger partial charge in [0, 0.05) is 12.0 Å². The van der Waals surface area contributed by atoms with Crippen LogP contribution in [0, 0.1) is 23.4 Å². The van der Waals surface area contributed by atoms with Gasteiger partial charge < -0.3 is 0 Å². The Morgan fingerprint density at radius 2 is 1.62 bits per heavy atom. The van der Waals surface area contributed by atoms with Crippen LogP contribution in [0.5, 0.6) is 0 Å². The fourth-order valence-electron chi connectivity index (χ4n) is 4.58. The zero-order valence-electron chi connectivity index (χ0n) is 14.7. The number of rotatable bonds is 3. The molecular formula is C23H21F3. The van der Waals surface area contributed by atoms with Gasteiger partial charge in [0.15, 0.2) is 0 Å². The van der Waals surface area contributed by atoms with E-state index in [-0.39, 0.29) is 11.7 Å². The molecule has 4 rings (SSSR count). The van der Waals surface area contributed by atoms with Gasteiger partial charge >= 0.3 is 0 Å². The molecule has 0 amide bonds. The molecule has 1 aliphatic rings. The second-order valence-corrected chi connectivity index (χ2v) is 7.27. The normalized spacial score (nSPS) is 19.5. The van der Waals surface area contributed by atoms with Crippen LogP contribution in [0.1, 0.15) is 48.8 Å². The first-order chi connectivity index (χ1) is 12.6. The van der Waals surface area contributed by atoms with Gasteiger partial charge in [-0.3, -0.25) is 0 Å². The molecule has 0 saturated heterocycles. The van der Waals surface area contributed by atoms with Crippen LogP contribution in [0.15, 0.2) is 48.5 Å². The third-order valence-electron chi connectivity index (χ3n) is 5.61. The highest BCUT2D eigenvalue weighted by Gasteiger charge is 2.31. The van der Waals surface area contributed by atoms with Crippen LogP contribution in [-0.2, 0) is 6.42 Å². The lowest BCUT2D eigenvalue weighted by Crippen LogP contribution is -2.22. The summed E-state index contributed by atoms with van der Waals surface area (Å²) >= 11 is 0. The van der Waals surface area contributed by atoms with Crippen LogP contribution in [0.4, 0.5) is 13.2 Å². The Morgan fingerprint density at radius 1 is 0.885 bits per heavy atom. The van der Waals surface area contributed by atoms with Gasteiger partial charge in [-0.1, -0.05) is 31.5 Å². The van der Waals surface area contributed by atoms with E-state index in [0.717, 1.165) is 53.6 Å². The number of hydrogen-bond donors (Lipinski definition) is 0. The smallest absolute Gasteiger partial charge is 0.126 e. The third-order valence-corrected chi connectivity index (χ3v) is 5.61. The minimum atomic E-state index is -0.547. The van der Waals surface area contributed by atoms with Crippen LogP contribution < -0.4 is 0 Å². The summed E-state index contributed by atoms with van der Waals surface area (Å²) in [4.78, 5) is 0. The lowest BCUT2D eigenvalue weighted by Gasteiger charge is -2.35. The zero-order chi connectivity index (χ0) is 18.3. The number of aryl methyl sites for hydroxylation is 1. The van der Waals surface area contributed by atoms with E-state index in [1.54, 1.807) is 12.1 Å². The average molecular weight is 354 g/mol. The van der Waals surface area contributed by atoms with Crippen molar-refractivity contribution in [2.75, 3.05) is 0 Å². The molecule has 0 bridgehead atoms. The van der Waals surface area contributed by atoms with E-state index in [9.17, 15) is 13.2 Å². The average Bonchev–Trinajstić information content (AvgIpc) is 2.60. The number of halogens is 3. The van der Waals surface area contributed by atoms with Crippen molar-refractivity contribution in [1.29, 1.82) is 0 Å². The third kappa shape index (κ3) is 3.00. The Morgan fingerprint density at radius 3 is 2.35 bits per heavy atom. The topological polar surface area (TPSA) is 0 Å². The Kier molecular flexibility index (Phi) is 4.47. The van der Waals surface area contributed by atoms with Gasteiger partial charge in [-0.15, -0.1) is 0 Å². The van der Waals surface area contributed by atoms with Crippen LogP contribution >= 0.6 is 0 Å². The fourth-order valence-corrected chi connectivity index (χ4v) is 4.58. The zero-order valence-corrected chi connectivity index (χ0v) is 14.7. The van der Waals surface area contributed by atoms with E-state index in [4.69, 9.17) is 0 Å². The first-order valence-corrected chi connectivity index (χ1v) is 9.24. The maximum absolute atomic E-state index is 13.9. The Balaban J connectivity index is 1.93. The molecule has 3 aromatic carbocycles. The van der Waals surface area contributed by atoms with E-state index < -0.39 is 11.6 Å². The Bertz CT molecular complexity index is 941. The highest BCUT2D eigenvalue weighted by atomic mass is 19.1. The SMILES string of the molecule is CCC[C@@H]1CCc2c(ccc3ccc(F)cc23)[C@H]1c1cc(F)cc(F)c1. The Hall–Kier alpha value is -2.29. The minimum Gasteiger partial charge on any atom is -0.207 e. The van der Waals surface area contributed by atoms with Crippen LogP contribution in [0.3, 0.4) is 0 Å². The molecule has 0 N–H and O–H groups in total. The molecule has 0 aliphatic heterocycles. The fraction of sp³-hybridized carbons (Fsp3) is 0.304. The quantitative estimate of drug-likeness (QED) is 0.488. The molecule has 0 radical (unpaired) electrons. The number of fused-ring (bicyclic) bond motifs is 3. The predicted molar refractivity (Wildman–Crippen MR) is 98.8 cm³/mol.